The molecule has 0 amide bonds. The summed E-state index contributed by atoms with van der Waals surface area (Å²) in [4.78, 5) is 2.12. The van der Waals surface area contributed by atoms with Gasteiger partial charge in [0.1, 0.15) is 4.21 Å². The van der Waals surface area contributed by atoms with Crippen molar-refractivity contribution < 1.29 is 8.42 Å². The predicted octanol–water partition coefficient (Wildman–Crippen LogP) is 1.73. The van der Waals surface area contributed by atoms with Crippen molar-refractivity contribution in [3.63, 3.8) is 0 Å². The fourth-order valence-corrected chi connectivity index (χ4v) is 5.55. The van der Waals surface area contributed by atoms with Crippen molar-refractivity contribution in [2.75, 3.05) is 32.7 Å². The number of hydrogen-bond acceptors (Lipinski definition) is 5. The maximum atomic E-state index is 12.4. The molecule has 0 spiro atoms. The van der Waals surface area contributed by atoms with Crippen LogP contribution in [0.1, 0.15) is 6.42 Å². The van der Waals surface area contributed by atoms with Gasteiger partial charge in [0.25, 0.3) is 10.0 Å². The molecule has 5 nitrogen and oxygen atoms in total. The number of halogens is 1. The third-order valence-corrected chi connectivity index (χ3v) is 7.00. The van der Waals surface area contributed by atoms with Gasteiger partial charge in [-0.1, -0.05) is 0 Å². The van der Waals surface area contributed by atoms with Crippen molar-refractivity contribution in [1.29, 1.82) is 5.26 Å². The van der Waals surface area contributed by atoms with Gasteiger partial charge in [0.05, 0.1) is 9.86 Å². The molecule has 1 aromatic heterocycles. The Bertz CT molecular complexity index is 571. The van der Waals surface area contributed by atoms with Crippen LogP contribution in [-0.4, -0.2) is 50.3 Å². The van der Waals surface area contributed by atoms with Gasteiger partial charge in [0.15, 0.2) is 0 Å². The van der Waals surface area contributed by atoms with Crippen molar-refractivity contribution in [2.45, 2.75) is 10.6 Å². The minimum absolute atomic E-state index is 0.379. The van der Waals surface area contributed by atoms with Gasteiger partial charge < -0.3 is 0 Å². The highest BCUT2D eigenvalue weighted by molar-refractivity contribution is 9.11. The minimum atomic E-state index is -3.35. The molecule has 0 bridgehead atoms. The van der Waals surface area contributed by atoms with Crippen LogP contribution < -0.4 is 0 Å². The van der Waals surface area contributed by atoms with Crippen LogP contribution in [0.15, 0.2) is 20.1 Å². The predicted molar refractivity (Wildman–Crippen MR) is 77.4 cm³/mol. The van der Waals surface area contributed by atoms with E-state index in [4.69, 9.17) is 5.26 Å². The monoisotopic (exact) mass is 363 g/mol. The second kappa shape index (κ2) is 6.33. The third-order valence-electron chi connectivity index (χ3n) is 3.01. The molecule has 0 saturated carbocycles. The molecule has 0 N–H and O–H groups in total. The first kappa shape index (κ1) is 14.9. The first-order valence-corrected chi connectivity index (χ1v) is 8.94. The molecule has 0 radical (unpaired) electrons. The first-order valence-electron chi connectivity index (χ1n) is 5.89. The van der Waals surface area contributed by atoms with E-state index < -0.39 is 10.0 Å². The Kier molecular flexibility index (Phi) is 4.97. The SMILES string of the molecule is N#CCCN1CCN(S(=O)(=O)c2ccc(Br)s2)CC1. The molecule has 1 saturated heterocycles. The van der Waals surface area contributed by atoms with Crippen LogP contribution >= 0.6 is 27.3 Å². The smallest absolute Gasteiger partial charge is 0.252 e. The van der Waals surface area contributed by atoms with Gasteiger partial charge in [-0.2, -0.15) is 9.57 Å². The molecule has 2 rings (SSSR count). The van der Waals surface area contributed by atoms with Crippen LogP contribution in [0.4, 0.5) is 0 Å². The Morgan fingerprint density at radius 2 is 2.00 bits per heavy atom. The van der Waals surface area contributed by atoms with Crippen LogP contribution in [0.2, 0.25) is 0 Å². The average Bonchev–Trinajstić information content (AvgIpc) is 2.84. The summed E-state index contributed by atoms with van der Waals surface area (Å²) in [7, 11) is -3.35. The zero-order valence-corrected chi connectivity index (χ0v) is 13.5. The second-order valence-corrected chi connectivity index (χ2v) is 8.84. The van der Waals surface area contributed by atoms with E-state index in [2.05, 4.69) is 26.9 Å². The molecule has 0 atom stereocenters. The fraction of sp³-hybridized carbons (Fsp3) is 0.545. The lowest BCUT2D eigenvalue weighted by Gasteiger charge is -2.33. The molecule has 2 heterocycles. The summed E-state index contributed by atoms with van der Waals surface area (Å²) in [5.41, 5.74) is 0. The quantitative estimate of drug-likeness (QED) is 0.816. The Hall–Kier alpha value is -0.460. The van der Waals surface area contributed by atoms with Crippen molar-refractivity contribution in [3.05, 3.63) is 15.9 Å². The number of piperazine rings is 1. The van der Waals surface area contributed by atoms with Crippen LogP contribution in [0, 0.1) is 11.3 Å². The Labute approximate surface area is 125 Å². The molecule has 0 unspecified atom stereocenters. The number of hydrogen-bond donors (Lipinski definition) is 0. The van der Waals surface area contributed by atoms with Gasteiger partial charge in [-0.25, -0.2) is 8.42 Å². The number of nitrogens with zero attached hydrogens (tertiary/aromatic N) is 3. The van der Waals surface area contributed by atoms with E-state index in [9.17, 15) is 8.42 Å². The van der Waals surface area contributed by atoms with E-state index >= 15 is 0 Å². The van der Waals surface area contributed by atoms with E-state index in [1.165, 1.54) is 15.6 Å². The average molecular weight is 364 g/mol. The molecule has 0 aromatic carbocycles. The van der Waals surface area contributed by atoms with Crippen LogP contribution in [0.25, 0.3) is 0 Å². The second-order valence-electron chi connectivity index (χ2n) is 4.21. The Balaban J connectivity index is 1.99. The normalized spacial score (nSPS) is 18.3. The van der Waals surface area contributed by atoms with E-state index in [0.29, 0.717) is 36.8 Å². The topological polar surface area (TPSA) is 64.4 Å². The van der Waals surface area contributed by atoms with E-state index in [1.54, 1.807) is 12.1 Å². The highest BCUT2D eigenvalue weighted by Gasteiger charge is 2.29. The molecule has 0 aliphatic carbocycles. The van der Waals surface area contributed by atoms with Gasteiger partial charge in [-0.3, -0.25) is 4.90 Å². The van der Waals surface area contributed by atoms with Gasteiger partial charge in [0.2, 0.25) is 0 Å². The minimum Gasteiger partial charge on any atom is -0.300 e. The molecule has 104 valence electrons. The molecule has 1 fully saturated rings. The molecule has 1 aliphatic rings. The lowest BCUT2D eigenvalue weighted by atomic mass is 10.3. The molecule has 19 heavy (non-hydrogen) atoms. The maximum Gasteiger partial charge on any atom is 0.252 e. The zero-order chi connectivity index (χ0) is 13.9. The summed E-state index contributed by atoms with van der Waals surface area (Å²) >= 11 is 4.52. The highest BCUT2D eigenvalue weighted by Crippen LogP contribution is 2.28. The van der Waals surface area contributed by atoms with Crippen LogP contribution in [0.3, 0.4) is 0 Å². The standard InChI is InChI=1S/C11H14BrN3O2S2/c12-10-2-3-11(18-10)19(16,17)15-8-6-14(7-9-15)5-1-4-13/h2-3H,1,5-9H2. The molecular formula is C11H14BrN3O2S2. The number of nitriles is 1. The van der Waals surface area contributed by atoms with Gasteiger partial charge in [0, 0.05) is 39.1 Å². The van der Waals surface area contributed by atoms with E-state index in [1.807, 2.05) is 0 Å². The molecule has 1 aromatic rings. The largest absolute Gasteiger partial charge is 0.300 e. The third kappa shape index (κ3) is 3.55. The van der Waals surface area contributed by atoms with E-state index in [0.717, 1.165) is 10.3 Å². The zero-order valence-electron chi connectivity index (χ0n) is 10.2. The van der Waals surface area contributed by atoms with Crippen LogP contribution in [-0.2, 0) is 10.0 Å². The highest BCUT2D eigenvalue weighted by atomic mass is 79.9. The molecular weight excluding hydrogens is 350 g/mol. The Morgan fingerprint density at radius 3 is 2.53 bits per heavy atom. The van der Waals surface area contributed by atoms with Gasteiger partial charge in [-0.15, -0.1) is 11.3 Å². The van der Waals surface area contributed by atoms with Gasteiger partial charge >= 0.3 is 0 Å². The lowest BCUT2D eigenvalue weighted by Crippen LogP contribution is -2.48. The van der Waals surface area contributed by atoms with Crippen LogP contribution in [0.5, 0.6) is 0 Å². The van der Waals surface area contributed by atoms with Crippen molar-refractivity contribution in [2.24, 2.45) is 0 Å². The summed E-state index contributed by atoms with van der Waals surface area (Å²) in [5.74, 6) is 0. The Morgan fingerprint density at radius 1 is 1.32 bits per heavy atom. The van der Waals surface area contributed by atoms with Gasteiger partial charge in [-0.05, 0) is 28.1 Å². The lowest BCUT2D eigenvalue weighted by molar-refractivity contribution is 0.192. The first-order chi connectivity index (χ1) is 9.04. The molecule has 8 heteroatoms. The summed E-state index contributed by atoms with van der Waals surface area (Å²) in [6, 6.07) is 5.49. The summed E-state index contributed by atoms with van der Waals surface area (Å²) in [6.07, 6.45) is 0.491. The van der Waals surface area contributed by atoms with E-state index in [-0.39, 0.29) is 0 Å². The summed E-state index contributed by atoms with van der Waals surface area (Å²) < 4.78 is 27.5. The maximum absolute atomic E-state index is 12.4. The fourth-order valence-electron chi connectivity index (χ4n) is 1.97. The number of thiophene rings is 1. The summed E-state index contributed by atoms with van der Waals surface area (Å²) in [5, 5.41) is 8.54. The number of sulfonamides is 1. The van der Waals surface area contributed by atoms with Crippen molar-refractivity contribution >= 4 is 37.3 Å². The molecule has 1 aliphatic heterocycles. The van der Waals surface area contributed by atoms with Crippen molar-refractivity contribution in [1.82, 2.24) is 9.21 Å². The summed E-state index contributed by atoms with van der Waals surface area (Å²) in [6.45, 7) is 3.07. The number of rotatable bonds is 4. The van der Waals surface area contributed by atoms with Crippen molar-refractivity contribution in [3.8, 4) is 6.07 Å².